The van der Waals surface area contributed by atoms with Crippen LogP contribution in [0.2, 0.25) is 0 Å². The molecule has 0 unspecified atom stereocenters. The highest BCUT2D eigenvalue weighted by atomic mass is 16.5. The number of aromatic nitrogens is 1. The largest absolute Gasteiger partial charge is 0.478 e. The van der Waals surface area contributed by atoms with E-state index in [2.05, 4.69) is 17.6 Å². The second-order valence-corrected chi connectivity index (χ2v) is 9.12. The van der Waals surface area contributed by atoms with Crippen LogP contribution < -0.4 is 10.4 Å². The van der Waals surface area contributed by atoms with Crippen molar-refractivity contribution in [3.05, 3.63) is 70.2 Å². The number of hydrogen-bond acceptors (Lipinski definition) is 6. The van der Waals surface area contributed by atoms with Gasteiger partial charge < -0.3 is 13.9 Å². The van der Waals surface area contributed by atoms with Crippen LogP contribution in [-0.4, -0.2) is 24.2 Å². The lowest BCUT2D eigenvalue weighted by Gasteiger charge is -2.08. The van der Waals surface area contributed by atoms with Gasteiger partial charge in [0, 0.05) is 17.0 Å². The fourth-order valence-corrected chi connectivity index (χ4v) is 3.97. The SMILES string of the molecule is C=C(C)C(=O)OCCCCCCCCCOc1cc2cc(-c3cc(C)cc(C)c3)c(=O)oc2cn1. The monoisotopic (exact) mass is 477 g/mol. The van der Waals surface area contributed by atoms with Crippen LogP contribution in [0.4, 0.5) is 0 Å². The molecule has 6 nitrogen and oxygen atoms in total. The van der Waals surface area contributed by atoms with Crippen molar-refractivity contribution in [1.82, 2.24) is 4.98 Å². The van der Waals surface area contributed by atoms with Gasteiger partial charge in [-0.2, -0.15) is 0 Å². The standard InChI is InChI=1S/C29H35NO5/c1-20(2)28(31)34-13-11-9-7-5-6-8-10-12-33-27-18-24-17-25(29(32)35-26(24)19-30-27)23-15-21(3)14-22(4)16-23/h14-19H,1,5-13H2,2-4H3. The van der Waals surface area contributed by atoms with E-state index in [9.17, 15) is 9.59 Å². The number of esters is 1. The lowest BCUT2D eigenvalue weighted by molar-refractivity contribution is -0.139. The van der Waals surface area contributed by atoms with Crippen LogP contribution in [0.5, 0.6) is 5.88 Å². The molecule has 0 amide bonds. The van der Waals surface area contributed by atoms with Crippen LogP contribution in [0, 0.1) is 13.8 Å². The Bertz CT molecular complexity index is 1210. The molecule has 0 saturated heterocycles. The average Bonchev–Trinajstić information content (AvgIpc) is 2.81. The number of ether oxygens (including phenoxy) is 2. The Morgan fingerprint density at radius 1 is 0.914 bits per heavy atom. The van der Waals surface area contributed by atoms with Crippen LogP contribution in [0.25, 0.3) is 22.1 Å². The molecule has 0 fully saturated rings. The van der Waals surface area contributed by atoms with E-state index >= 15 is 0 Å². The van der Waals surface area contributed by atoms with Gasteiger partial charge in [-0.1, -0.05) is 68.0 Å². The molecule has 0 radical (unpaired) electrons. The summed E-state index contributed by atoms with van der Waals surface area (Å²) in [5.41, 5.74) is 4.11. The van der Waals surface area contributed by atoms with Gasteiger partial charge in [0.25, 0.3) is 0 Å². The summed E-state index contributed by atoms with van der Waals surface area (Å²) in [5.74, 6) is 0.222. The number of nitrogens with zero attached hydrogens (tertiary/aromatic N) is 1. The molecule has 1 aromatic carbocycles. The molecule has 0 atom stereocenters. The van der Waals surface area contributed by atoms with Crippen molar-refractivity contribution in [3.63, 3.8) is 0 Å². The van der Waals surface area contributed by atoms with E-state index in [4.69, 9.17) is 13.9 Å². The number of aryl methyl sites for hydroxylation is 2. The van der Waals surface area contributed by atoms with Gasteiger partial charge in [-0.15, -0.1) is 0 Å². The average molecular weight is 478 g/mol. The molecule has 3 rings (SSSR count). The second-order valence-electron chi connectivity index (χ2n) is 9.12. The number of carbonyl (C=O) groups excluding carboxylic acids is 1. The Kier molecular flexibility index (Phi) is 9.65. The zero-order chi connectivity index (χ0) is 25.2. The van der Waals surface area contributed by atoms with E-state index in [0.717, 1.165) is 67.0 Å². The molecule has 2 aromatic heterocycles. The Hall–Kier alpha value is -3.41. The third kappa shape index (κ3) is 8.09. The normalized spacial score (nSPS) is 10.9. The van der Waals surface area contributed by atoms with E-state index in [1.54, 1.807) is 13.1 Å². The van der Waals surface area contributed by atoms with Crippen molar-refractivity contribution < 1.29 is 18.7 Å². The maximum Gasteiger partial charge on any atom is 0.344 e. The molecule has 2 heterocycles. The quantitative estimate of drug-likeness (QED) is 0.155. The van der Waals surface area contributed by atoms with Gasteiger partial charge in [0.05, 0.1) is 25.0 Å². The highest BCUT2D eigenvalue weighted by molar-refractivity contribution is 5.86. The van der Waals surface area contributed by atoms with Gasteiger partial charge >= 0.3 is 11.6 Å². The predicted molar refractivity (Wildman–Crippen MR) is 139 cm³/mol. The molecule has 0 aliphatic carbocycles. The minimum atomic E-state index is -0.370. The van der Waals surface area contributed by atoms with Crippen molar-refractivity contribution in [2.45, 2.75) is 65.7 Å². The summed E-state index contributed by atoms with van der Waals surface area (Å²) in [6.07, 6.45) is 8.96. The molecule has 35 heavy (non-hydrogen) atoms. The van der Waals surface area contributed by atoms with Gasteiger partial charge in [0.2, 0.25) is 5.88 Å². The van der Waals surface area contributed by atoms with Crippen molar-refractivity contribution in [1.29, 1.82) is 0 Å². The number of pyridine rings is 1. The Morgan fingerprint density at radius 3 is 2.20 bits per heavy atom. The first-order valence-corrected chi connectivity index (χ1v) is 12.3. The highest BCUT2D eigenvalue weighted by Gasteiger charge is 2.10. The van der Waals surface area contributed by atoms with Crippen molar-refractivity contribution in [2.24, 2.45) is 0 Å². The number of rotatable bonds is 13. The number of benzene rings is 1. The number of hydrogen-bond donors (Lipinski definition) is 0. The molecule has 0 bridgehead atoms. The van der Waals surface area contributed by atoms with Crippen molar-refractivity contribution >= 4 is 16.9 Å². The van der Waals surface area contributed by atoms with E-state index in [0.29, 0.717) is 35.8 Å². The lowest BCUT2D eigenvalue weighted by atomic mass is 10.0. The molecule has 3 aromatic rings. The fourth-order valence-electron chi connectivity index (χ4n) is 3.97. The molecule has 186 valence electrons. The molecular weight excluding hydrogens is 442 g/mol. The minimum Gasteiger partial charge on any atom is -0.478 e. The second kappa shape index (κ2) is 12.9. The molecule has 0 spiro atoms. The lowest BCUT2D eigenvalue weighted by Crippen LogP contribution is -2.06. The summed E-state index contributed by atoms with van der Waals surface area (Å²) in [4.78, 5) is 28.1. The molecule has 0 saturated carbocycles. The summed E-state index contributed by atoms with van der Waals surface area (Å²) >= 11 is 0. The summed E-state index contributed by atoms with van der Waals surface area (Å²) < 4.78 is 16.4. The first-order chi connectivity index (χ1) is 16.8. The van der Waals surface area contributed by atoms with E-state index in [-0.39, 0.29) is 11.6 Å². The van der Waals surface area contributed by atoms with Gasteiger partial charge in [0.1, 0.15) is 0 Å². The summed E-state index contributed by atoms with van der Waals surface area (Å²) in [6.45, 7) is 10.3. The third-order valence-electron chi connectivity index (χ3n) is 5.75. The Balaban J connectivity index is 1.41. The zero-order valence-electron chi connectivity index (χ0n) is 21.0. The zero-order valence-corrected chi connectivity index (χ0v) is 21.0. The topological polar surface area (TPSA) is 78.6 Å². The summed E-state index contributed by atoms with van der Waals surface area (Å²) in [5, 5.41) is 0.790. The van der Waals surface area contributed by atoms with Crippen LogP contribution >= 0.6 is 0 Å². The Morgan fingerprint density at radius 2 is 1.54 bits per heavy atom. The number of unbranched alkanes of at least 4 members (excludes halogenated alkanes) is 6. The summed E-state index contributed by atoms with van der Waals surface area (Å²) in [7, 11) is 0. The van der Waals surface area contributed by atoms with Crippen LogP contribution in [-0.2, 0) is 9.53 Å². The van der Waals surface area contributed by atoms with Crippen molar-refractivity contribution in [3.8, 4) is 17.0 Å². The van der Waals surface area contributed by atoms with Gasteiger partial charge in [-0.25, -0.2) is 14.6 Å². The molecule has 0 N–H and O–H groups in total. The van der Waals surface area contributed by atoms with E-state index < -0.39 is 0 Å². The first kappa shape index (κ1) is 26.2. The Labute approximate surface area is 207 Å². The fraction of sp³-hybridized carbons (Fsp3) is 0.414. The molecule has 6 heteroatoms. The van der Waals surface area contributed by atoms with E-state index in [1.807, 2.05) is 38.1 Å². The first-order valence-electron chi connectivity index (χ1n) is 12.3. The van der Waals surface area contributed by atoms with E-state index in [1.165, 1.54) is 0 Å². The van der Waals surface area contributed by atoms with Gasteiger partial charge in [-0.3, -0.25) is 0 Å². The highest BCUT2D eigenvalue weighted by Crippen LogP contribution is 2.25. The van der Waals surface area contributed by atoms with Crippen LogP contribution in [0.1, 0.15) is 63.0 Å². The van der Waals surface area contributed by atoms with Crippen LogP contribution in [0.15, 0.2) is 57.9 Å². The maximum atomic E-state index is 12.5. The van der Waals surface area contributed by atoms with Gasteiger partial charge in [0.15, 0.2) is 5.58 Å². The molecular formula is C29H35NO5. The van der Waals surface area contributed by atoms with Crippen LogP contribution in [0.3, 0.4) is 0 Å². The predicted octanol–water partition coefficient (Wildman–Crippen LogP) is 6.70. The molecule has 0 aliphatic heterocycles. The number of fused-ring (bicyclic) bond motifs is 1. The summed E-state index contributed by atoms with van der Waals surface area (Å²) in [6, 6.07) is 9.73. The minimum absolute atomic E-state index is 0.308. The van der Waals surface area contributed by atoms with Crippen molar-refractivity contribution in [2.75, 3.05) is 13.2 Å². The third-order valence-corrected chi connectivity index (χ3v) is 5.75. The smallest absolute Gasteiger partial charge is 0.344 e. The van der Waals surface area contributed by atoms with Gasteiger partial charge in [-0.05, 0) is 45.2 Å². The molecule has 0 aliphatic rings. The maximum absolute atomic E-state index is 12.5. The number of carbonyl (C=O) groups is 1.